The van der Waals surface area contributed by atoms with Gasteiger partial charge in [-0.2, -0.15) is 0 Å². The summed E-state index contributed by atoms with van der Waals surface area (Å²) < 4.78 is 0. The lowest BCUT2D eigenvalue weighted by molar-refractivity contribution is 0.556. The third-order valence-corrected chi connectivity index (χ3v) is 4.10. The van der Waals surface area contributed by atoms with Crippen molar-refractivity contribution in [3.8, 4) is 0 Å². The second-order valence-corrected chi connectivity index (χ2v) is 5.49. The van der Waals surface area contributed by atoms with Gasteiger partial charge in [0.25, 0.3) is 0 Å². The molecule has 0 radical (unpaired) electrons. The summed E-state index contributed by atoms with van der Waals surface area (Å²) in [5.74, 6) is 0. The fourth-order valence-electron chi connectivity index (χ4n) is 2.91. The molecule has 0 spiro atoms. The number of benzene rings is 1. The fourth-order valence-corrected chi connectivity index (χ4v) is 2.91. The second-order valence-electron chi connectivity index (χ2n) is 5.49. The maximum Gasteiger partial charge on any atom is 0.0368 e. The van der Waals surface area contributed by atoms with Crippen LogP contribution in [0.4, 0.5) is 5.69 Å². The Hall–Kier alpha value is -1.02. The van der Waals surface area contributed by atoms with E-state index < -0.39 is 0 Å². The molecule has 2 rings (SSSR count). The molecular formula is C16H26N2. The van der Waals surface area contributed by atoms with Crippen molar-refractivity contribution in [3.63, 3.8) is 0 Å². The SMILES string of the molecule is CCC1CCCCCN1c1ccc([C@H](C)N)cc1. The van der Waals surface area contributed by atoms with Crippen LogP contribution in [0.15, 0.2) is 24.3 Å². The highest BCUT2D eigenvalue weighted by molar-refractivity contribution is 5.49. The minimum atomic E-state index is 0.130. The van der Waals surface area contributed by atoms with Gasteiger partial charge in [0.05, 0.1) is 0 Å². The Bertz CT molecular complexity index is 356. The van der Waals surface area contributed by atoms with E-state index >= 15 is 0 Å². The lowest BCUT2D eigenvalue weighted by Gasteiger charge is -2.31. The molecule has 0 aliphatic carbocycles. The molecule has 2 atom stereocenters. The molecule has 18 heavy (non-hydrogen) atoms. The molecule has 100 valence electrons. The maximum absolute atomic E-state index is 5.91. The Balaban J connectivity index is 2.16. The molecule has 0 saturated carbocycles. The highest BCUT2D eigenvalue weighted by Gasteiger charge is 2.19. The van der Waals surface area contributed by atoms with Crippen LogP contribution in [0.5, 0.6) is 0 Å². The van der Waals surface area contributed by atoms with Crippen molar-refractivity contribution in [2.24, 2.45) is 5.73 Å². The van der Waals surface area contributed by atoms with Crippen LogP contribution in [-0.2, 0) is 0 Å². The molecule has 0 bridgehead atoms. The van der Waals surface area contributed by atoms with Crippen LogP contribution >= 0.6 is 0 Å². The van der Waals surface area contributed by atoms with Crippen molar-refractivity contribution >= 4 is 5.69 Å². The lowest BCUT2D eigenvalue weighted by Crippen LogP contribution is -2.34. The first kappa shape index (κ1) is 13.4. The number of hydrogen-bond acceptors (Lipinski definition) is 2. The molecule has 1 aliphatic rings. The third kappa shape index (κ3) is 3.05. The highest BCUT2D eigenvalue weighted by Crippen LogP contribution is 2.26. The lowest BCUT2D eigenvalue weighted by atomic mass is 10.1. The Morgan fingerprint density at radius 3 is 2.56 bits per heavy atom. The molecule has 0 aromatic heterocycles. The molecule has 1 unspecified atom stereocenters. The van der Waals surface area contributed by atoms with Crippen LogP contribution in [0, 0.1) is 0 Å². The number of nitrogens with zero attached hydrogens (tertiary/aromatic N) is 1. The van der Waals surface area contributed by atoms with Crippen molar-refractivity contribution in [1.82, 2.24) is 0 Å². The van der Waals surface area contributed by atoms with E-state index in [-0.39, 0.29) is 6.04 Å². The van der Waals surface area contributed by atoms with Crippen LogP contribution in [0.25, 0.3) is 0 Å². The Morgan fingerprint density at radius 1 is 1.22 bits per heavy atom. The van der Waals surface area contributed by atoms with E-state index in [1.54, 1.807) is 0 Å². The summed E-state index contributed by atoms with van der Waals surface area (Å²) >= 11 is 0. The van der Waals surface area contributed by atoms with E-state index in [1.165, 1.54) is 49.9 Å². The van der Waals surface area contributed by atoms with E-state index in [2.05, 4.69) is 36.1 Å². The Kier molecular flexibility index (Phi) is 4.65. The molecule has 2 heteroatoms. The van der Waals surface area contributed by atoms with Gasteiger partial charge in [-0.3, -0.25) is 0 Å². The molecule has 1 aromatic rings. The van der Waals surface area contributed by atoms with Crippen LogP contribution in [0.3, 0.4) is 0 Å². The predicted molar refractivity (Wildman–Crippen MR) is 78.9 cm³/mol. The number of anilines is 1. The topological polar surface area (TPSA) is 29.3 Å². The molecule has 1 fully saturated rings. The highest BCUT2D eigenvalue weighted by atomic mass is 15.2. The molecular weight excluding hydrogens is 220 g/mol. The van der Waals surface area contributed by atoms with Gasteiger partial charge in [-0.1, -0.05) is 31.9 Å². The Morgan fingerprint density at radius 2 is 1.94 bits per heavy atom. The molecule has 1 aliphatic heterocycles. The average molecular weight is 246 g/mol. The van der Waals surface area contributed by atoms with Gasteiger partial charge in [-0.15, -0.1) is 0 Å². The van der Waals surface area contributed by atoms with Crippen molar-refractivity contribution < 1.29 is 0 Å². The summed E-state index contributed by atoms with van der Waals surface area (Å²) in [5.41, 5.74) is 8.50. The molecule has 2 nitrogen and oxygen atoms in total. The van der Waals surface area contributed by atoms with Crippen molar-refractivity contribution in [1.29, 1.82) is 0 Å². The van der Waals surface area contributed by atoms with E-state index in [4.69, 9.17) is 5.73 Å². The van der Waals surface area contributed by atoms with Gasteiger partial charge < -0.3 is 10.6 Å². The van der Waals surface area contributed by atoms with Crippen molar-refractivity contribution in [2.75, 3.05) is 11.4 Å². The van der Waals surface area contributed by atoms with E-state index in [0.29, 0.717) is 6.04 Å². The molecule has 2 N–H and O–H groups in total. The van der Waals surface area contributed by atoms with Gasteiger partial charge in [0.1, 0.15) is 0 Å². The molecule has 1 aromatic carbocycles. The summed E-state index contributed by atoms with van der Waals surface area (Å²) in [7, 11) is 0. The van der Waals surface area contributed by atoms with Crippen molar-refractivity contribution in [3.05, 3.63) is 29.8 Å². The summed E-state index contributed by atoms with van der Waals surface area (Å²) in [6, 6.07) is 9.69. The quantitative estimate of drug-likeness (QED) is 0.877. The van der Waals surface area contributed by atoms with Gasteiger partial charge in [0.15, 0.2) is 0 Å². The zero-order chi connectivity index (χ0) is 13.0. The summed E-state index contributed by atoms with van der Waals surface area (Å²) in [4.78, 5) is 2.60. The summed E-state index contributed by atoms with van der Waals surface area (Å²) in [6.45, 7) is 5.55. The average Bonchev–Trinajstić information content (AvgIpc) is 2.63. The molecule has 1 saturated heterocycles. The monoisotopic (exact) mass is 246 g/mol. The molecule has 1 heterocycles. The summed E-state index contributed by atoms with van der Waals surface area (Å²) in [6.07, 6.45) is 6.67. The van der Waals surface area contributed by atoms with Gasteiger partial charge in [-0.25, -0.2) is 0 Å². The van der Waals surface area contributed by atoms with Gasteiger partial charge in [-0.05, 0) is 43.9 Å². The molecule has 0 amide bonds. The van der Waals surface area contributed by atoms with E-state index in [1.807, 2.05) is 6.92 Å². The van der Waals surface area contributed by atoms with E-state index in [9.17, 15) is 0 Å². The number of hydrogen-bond donors (Lipinski definition) is 1. The fraction of sp³-hybridized carbons (Fsp3) is 0.625. The van der Waals surface area contributed by atoms with Crippen LogP contribution < -0.4 is 10.6 Å². The minimum absolute atomic E-state index is 0.130. The minimum Gasteiger partial charge on any atom is -0.369 e. The maximum atomic E-state index is 5.91. The zero-order valence-electron chi connectivity index (χ0n) is 11.7. The van der Waals surface area contributed by atoms with Crippen LogP contribution in [-0.4, -0.2) is 12.6 Å². The second kappa shape index (κ2) is 6.24. The largest absolute Gasteiger partial charge is 0.369 e. The van der Waals surface area contributed by atoms with Gasteiger partial charge >= 0.3 is 0 Å². The number of nitrogens with two attached hydrogens (primary N) is 1. The smallest absolute Gasteiger partial charge is 0.0368 e. The van der Waals surface area contributed by atoms with Crippen molar-refractivity contribution in [2.45, 2.75) is 58.0 Å². The van der Waals surface area contributed by atoms with Crippen LogP contribution in [0.2, 0.25) is 0 Å². The first-order chi connectivity index (χ1) is 8.72. The van der Waals surface area contributed by atoms with Crippen LogP contribution in [0.1, 0.15) is 57.6 Å². The standard InChI is InChI=1S/C16H26N2/c1-3-15-7-5-4-6-12-18(15)16-10-8-14(9-11-16)13(2)17/h8-11,13,15H,3-7,12,17H2,1-2H3/t13-,15?/m0/s1. The van der Waals surface area contributed by atoms with Gasteiger partial charge in [0, 0.05) is 24.3 Å². The predicted octanol–water partition coefficient (Wildman–Crippen LogP) is 3.87. The normalized spacial score (nSPS) is 22.6. The van der Waals surface area contributed by atoms with Gasteiger partial charge in [0.2, 0.25) is 0 Å². The summed E-state index contributed by atoms with van der Waals surface area (Å²) in [5, 5.41) is 0. The van der Waals surface area contributed by atoms with E-state index in [0.717, 1.165) is 0 Å². The third-order valence-electron chi connectivity index (χ3n) is 4.10. The first-order valence-electron chi connectivity index (χ1n) is 7.34. The number of rotatable bonds is 3. The Labute approximate surface area is 111 Å². The first-order valence-corrected chi connectivity index (χ1v) is 7.34. The zero-order valence-corrected chi connectivity index (χ0v) is 11.7.